The van der Waals surface area contributed by atoms with Crippen LogP contribution in [-0.2, 0) is 0 Å². The van der Waals surface area contributed by atoms with Gasteiger partial charge < -0.3 is 5.11 Å². The molecule has 0 bridgehead atoms. The molecule has 10 aromatic rings. The number of aromatic amines is 1. The van der Waals surface area contributed by atoms with Crippen molar-refractivity contribution in [3.8, 4) is 50.5 Å². The number of fused-ring (bicyclic) bond motifs is 6. The van der Waals surface area contributed by atoms with Gasteiger partial charge >= 0.3 is 18.9 Å². The van der Waals surface area contributed by atoms with E-state index in [-0.39, 0.29) is 24.6 Å². The third-order valence-electron chi connectivity index (χ3n) is 10.2. The van der Waals surface area contributed by atoms with E-state index in [1.54, 1.807) is 12.1 Å². The van der Waals surface area contributed by atoms with Gasteiger partial charge in [-0.2, -0.15) is 0 Å². The molecule has 0 atom stereocenters. The Morgan fingerprint density at radius 3 is 1.65 bits per heavy atom. The molecule has 8 aromatic carbocycles. The van der Waals surface area contributed by atoms with E-state index in [0.29, 0.717) is 5.56 Å². The van der Waals surface area contributed by atoms with Crippen LogP contribution in [0.2, 0.25) is 0 Å². The number of nitrogens with one attached hydrogen (secondary N) is 1. The molecule has 0 radical (unpaired) electrons. The standard InChI is InChI=1S/C48H30N2O.Li/c51-44-16-8-7-15-41(44)43-28-26-34-23-22-33-25-27-42(49-47(33)48(34)50-43)31-18-20-32(21-19-31)45-37-11-3-5-13-39(37)46(40-14-6-4-12-38(40)45)36-24-17-30-9-1-2-10-35(30)29-36;/h1-29,51H;/q;+1. The molecule has 2 aromatic heterocycles. The van der Waals surface area contributed by atoms with Crippen molar-refractivity contribution in [3.63, 3.8) is 0 Å². The van der Waals surface area contributed by atoms with Gasteiger partial charge in [-0.05, 0) is 84.9 Å². The van der Waals surface area contributed by atoms with Gasteiger partial charge in [0.25, 0.3) is 0 Å². The normalized spacial score (nSPS) is 11.4. The summed E-state index contributed by atoms with van der Waals surface area (Å²) in [5.74, 6) is -0.00837. The van der Waals surface area contributed by atoms with Crippen LogP contribution in [0.3, 0.4) is 0 Å². The summed E-state index contributed by atoms with van der Waals surface area (Å²) >= 11 is 0. The van der Waals surface area contributed by atoms with Crippen molar-refractivity contribution in [2.24, 2.45) is 0 Å². The number of H-pyrrole nitrogens is 1. The van der Waals surface area contributed by atoms with Crippen molar-refractivity contribution in [2.45, 2.75) is 0 Å². The van der Waals surface area contributed by atoms with Gasteiger partial charge in [0.2, 0.25) is 11.2 Å². The Balaban J connectivity index is 0.00000360. The van der Waals surface area contributed by atoms with E-state index in [9.17, 15) is 5.11 Å². The third kappa shape index (κ3) is 5.22. The second-order valence-electron chi connectivity index (χ2n) is 13.1. The number of hydrogen-bond acceptors (Lipinski definition) is 2. The Morgan fingerprint density at radius 1 is 0.423 bits per heavy atom. The summed E-state index contributed by atoms with van der Waals surface area (Å²) in [6.07, 6.45) is 0. The number of hydrogen-bond donors (Lipinski definition) is 0. The van der Waals surface area contributed by atoms with Gasteiger partial charge in [0, 0.05) is 28.0 Å². The molecule has 4 heteroatoms. The van der Waals surface area contributed by atoms with Crippen LogP contribution in [0.25, 0.3) is 98.9 Å². The molecular formula is C48H30LiN2O+. The summed E-state index contributed by atoms with van der Waals surface area (Å²) in [7, 11) is 0. The smallest absolute Gasteiger partial charge is 0.872 e. The largest absolute Gasteiger partial charge is 1.00 e. The maximum atomic E-state index is 12.6. The first-order valence-corrected chi connectivity index (χ1v) is 17.3. The van der Waals surface area contributed by atoms with E-state index < -0.39 is 0 Å². The van der Waals surface area contributed by atoms with Crippen molar-refractivity contribution in [1.29, 1.82) is 0 Å². The first-order chi connectivity index (χ1) is 25.2. The molecule has 0 amide bonds. The van der Waals surface area contributed by atoms with E-state index in [0.717, 1.165) is 44.3 Å². The quantitative estimate of drug-likeness (QED) is 0.108. The van der Waals surface area contributed by atoms with Gasteiger partial charge in [-0.15, -0.1) is 0 Å². The van der Waals surface area contributed by atoms with Gasteiger partial charge in [0.05, 0.1) is 5.69 Å². The fraction of sp³-hybridized carbons (Fsp3) is 0. The molecular weight excluding hydrogens is 627 g/mol. The first-order valence-electron chi connectivity index (χ1n) is 17.3. The molecule has 0 spiro atoms. The van der Waals surface area contributed by atoms with Crippen LogP contribution in [0.4, 0.5) is 0 Å². The molecule has 0 unspecified atom stereocenters. The summed E-state index contributed by atoms with van der Waals surface area (Å²) in [6, 6.07) is 61.3. The second-order valence-corrected chi connectivity index (χ2v) is 13.1. The van der Waals surface area contributed by atoms with Crippen molar-refractivity contribution in [3.05, 3.63) is 176 Å². The zero-order valence-electron chi connectivity index (χ0n) is 28.6. The summed E-state index contributed by atoms with van der Waals surface area (Å²) in [6.45, 7) is 0. The van der Waals surface area contributed by atoms with Crippen LogP contribution in [0.5, 0.6) is 5.75 Å². The molecule has 0 saturated carbocycles. The fourth-order valence-electron chi connectivity index (χ4n) is 7.73. The molecule has 238 valence electrons. The van der Waals surface area contributed by atoms with Gasteiger partial charge in [-0.1, -0.05) is 145 Å². The van der Waals surface area contributed by atoms with Crippen LogP contribution in [0.15, 0.2) is 176 Å². The summed E-state index contributed by atoms with van der Waals surface area (Å²) < 4.78 is 0. The van der Waals surface area contributed by atoms with Crippen LogP contribution in [0.1, 0.15) is 0 Å². The van der Waals surface area contributed by atoms with Gasteiger partial charge in [-0.3, -0.25) is 0 Å². The van der Waals surface area contributed by atoms with Crippen LogP contribution < -0.4 is 29.0 Å². The molecule has 0 aliphatic rings. The summed E-state index contributed by atoms with van der Waals surface area (Å²) in [4.78, 5) is 8.72. The minimum absolute atomic E-state index is 0. The van der Waals surface area contributed by atoms with E-state index in [2.05, 4.69) is 151 Å². The number of para-hydroxylation sites is 1. The molecule has 0 fully saturated rings. The van der Waals surface area contributed by atoms with Crippen molar-refractivity contribution < 1.29 is 29.0 Å². The number of aromatic nitrogens is 2. The van der Waals surface area contributed by atoms with E-state index >= 15 is 0 Å². The predicted octanol–water partition coefficient (Wildman–Crippen LogP) is 8.41. The molecule has 0 saturated heterocycles. The van der Waals surface area contributed by atoms with Gasteiger partial charge in [0.1, 0.15) is 5.52 Å². The maximum absolute atomic E-state index is 12.6. The minimum Gasteiger partial charge on any atom is -0.872 e. The average molecular weight is 658 g/mol. The molecule has 0 aliphatic carbocycles. The predicted molar refractivity (Wildman–Crippen MR) is 210 cm³/mol. The minimum atomic E-state index is -0.00837. The molecule has 52 heavy (non-hydrogen) atoms. The average Bonchev–Trinajstić information content (AvgIpc) is 3.19. The van der Waals surface area contributed by atoms with Crippen molar-refractivity contribution in [1.82, 2.24) is 4.98 Å². The number of pyridine rings is 2. The third-order valence-corrected chi connectivity index (χ3v) is 10.2. The topological polar surface area (TPSA) is 50.1 Å². The van der Waals surface area contributed by atoms with E-state index in [1.165, 1.54) is 49.0 Å². The summed E-state index contributed by atoms with van der Waals surface area (Å²) in [5.41, 5.74) is 10.0. The monoisotopic (exact) mass is 657 g/mol. The Morgan fingerprint density at radius 2 is 0.942 bits per heavy atom. The molecule has 2 heterocycles. The van der Waals surface area contributed by atoms with Gasteiger partial charge in [0.15, 0.2) is 0 Å². The van der Waals surface area contributed by atoms with Crippen molar-refractivity contribution in [2.75, 3.05) is 0 Å². The van der Waals surface area contributed by atoms with Crippen LogP contribution >= 0.6 is 0 Å². The Bertz CT molecular complexity index is 2930. The number of benzene rings is 8. The maximum Gasteiger partial charge on any atom is 1.00 e. The zero-order chi connectivity index (χ0) is 33.9. The summed E-state index contributed by atoms with van der Waals surface area (Å²) in [5, 5.41) is 22.1. The van der Waals surface area contributed by atoms with Crippen molar-refractivity contribution >= 4 is 54.1 Å². The fourth-order valence-corrected chi connectivity index (χ4v) is 7.73. The van der Waals surface area contributed by atoms with E-state index in [1.807, 2.05) is 18.2 Å². The Hall–Kier alpha value is -6.24. The van der Waals surface area contributed by atoms with E-state index in [4.69, 9.17) is 4.98 Å². The molecule has 10 rings (SSSR count). The molecule has 3 nitrogen and oxygen atoms in total. The first kappa shape index (κ1) is 31.7. The SMILES string of the molecule is [Li+].[O-]c1ccccc1-c1ccc2ccc3ccc(-c4ccc(-c5c6ccccc6c(-c6ccc7ccccc7c6)c6ccccc56)cc4)nc3c2[nH+]1. The Labute approximate surface area is 313 Å². The molecule has 1 N–H and O–H groups in total. The van der Waals surface area contributed by atoms with Crippen LogP contribution in [0, 0.1) is 0 Å². The molecule has 0 aliphatic heterocycles. The Kier molecular flexibility index (Phi) is 7.82. The second kappa shape index (κ2) is 12.8. The van der Waals surface area contributed by atoms with Crippen LogP contribution in [-0.4, -0.2) is 4.98 Å². The number of rotatable bonds is 4. The van der Waals surface area contributed by atoms with Gasteiger partial charge in [-0.25, -0.2) is 9.97 Å². The zero-order valence-corrected chi connectivity index (χ0v) is 28.6. The number of nitrogens with zero attached hydrogens (tertiary/aromatic N) is 1.